The molecule has 1 fully saturated rings. The van der Waals surface area contributed by atoms with Crippen molar-refractivity contribution in [1.29, 1.82) is 0 Å². The number of benzene rings is 1. The second-order valence-electron chi connectivity index (χ2n) is 6.69. The predicted molar refractivity (Wildman–Crippen MR) is 93.6 cm³/mol. The van der Waals surface area contributed by atoms with Crippen molar-refractivity contribution in [3.63, 3.8) is 0 Å². The van der Waals surface area contributed by atoms with Crippen molar-refractivity contribution in [2.75, 3.05) is 39.9 Å². The summed E-state index contributed by atoms with van der Waals surface area (Å²) >= 11 is 0. The van der Waals surface area contributed by atoms with Crippen LogP contribution in [0.2, 0.25) is 0 Å². The lowest BCUT2D eigenvalue weighted by molar-refractivity contribution is -0.132. The molecule has 2 aliphatic rings. The number of nitrogens with zero attached hydrogens (tertiary/aromatic N) is 1. The number of nitrogens with one attached hydrogen (secondary N) is 1. The highest BCUT2D eigenvalue weighted by Crippen LogP contribution is 2.31. The fraction of sp³-hybridized carbons (Fsp3) is 0.632. The first-order chi connectivity index (χ1) is 11.8. The van der Waals surface area contributed by atoms with E-state index in [-0.39, 0.29) is 5.91 Å². The van der Waals surface area contributed by atoms with Crippen LogP contribution in [-0.2, 0) is 11.2 Å². The van der Waals surface area contributed by atoms with E-state index in [2.05, 4.69) is 5.32 Å². The standard InChI is InChI=1S/C19H28N2O3/c1-20-9-6-15-7-10-21(11-8-15)19(22)5-3-16-2-4-17-18(14-16)24-13-12-23-17/h2,4,14-15,20H,3,5-13H2,1H3. The van der Waals surface area contributed by atoms with Crippen LogP contribution >= 0.6 is 0 Å². The van der Waals surface area contributed by atoms with E-state index in [1.165, 1.54) is 6.42 Å². The lowest BCUT2D eigenvalue weighted by atomic mass is 9.93. The summed E-state index contributed by atoms with van der Waals surface area (Å²) in [7, 11) is 2.00. The number of likely N-dealkylation sites (tertiary alicyclic amines) is 1. The monoisotopic (exact) mass is 332 g/mol. The van der Waals surface area contributed by atoms with Crippen LogP contribution in [0.25, 0.3) is 0 Å². The van der Waals surface area contributed by atoms with Gasteiger partial charge in [-0.2, -0.15) is 0 Å². The number of carbonyl (C=O) groups excluding carboxylic acids is 1. The molecule has 5 heteroatoms. The molecular formula is C19H28N2O3. The molecule has 1 N–H and O–H groups in total. The van der Waals surface area contributed by atoms with Crippen molar-refractivity contribution in [2.45, 2.75) is 32.1 Å². The molecule has 0 bridgehead atoms. The number of rotatable bonds is 6. The third-order valence-corrected chi connectivity index (χ3v) is 5.00. The lowest BCUT2D eigenvalue weighted by Crippen LogP contribution is -2.39. The first kappa shape index (κ1) is 17.1. The zero-order valence-electron chi connectivity index (χ0n) is 14.6. The van der Waals surface area contributed by atoms with Gasteiger partial charge in [0.1, 0.15) is 13.2 Å². The molecule has 3 rings (SSSR count). The number of amides is 1. The summed E-state index contributed by atoms with van der Waals surface area (Å²) in [5.41, 5.74) is 1.14. The summed E-state index contributed by atoms with van der Waals surface area (Å²) in [6.45, 7) is 4.10. The number of hydrogen-bond acceptors (Lipinski definition) is 4. The fourth-order valence-electron chi connectivity index (χ4n) is 3.47. The molecule has 0 radical (unpaired) electrons. The summed E-state index contributed by atoms with van der Waals surface area (Å²) in [6.07, 6.45) is 4.82. The van der Waals surface area contributed by atoms with E-state index in [9.17, 15) is 4.79 Å². The van der Waals surface area contributed by atoms with E-state index < -0.39 is 0 Å². The smallest absolute Gasteiger partial charge is 0.222 e. The number of carbonyl (C=O) groups is 1. The van der Waals surface area contributed by atoms with Crippen molar-refractivity contribution in [3.8, 4) is 11.5 Å². The minimum atomic E-state index is 0.275. The maximum atomic E-state index is 12.4. The molecule has 0 unspecified atom stereocenters. The molecule has 2 aliphatic heterocycles. The highest BCUT2D eigenvalue weighted by Gasteiger charge is 2.22. The molecule has 24 heavy (non-hydrogen) atoms. The zero-order chi connectivity index (χ0) is 16.8. The molecule has 1 aromatic rings. The summed E-state index contributed by atoms with van der Waals surface area (Å²) < 4.78 is 11.1. The second kappa shape index (κ2) is 8.38. The third-order valence-electron chi connectivity index (χ3n) is 5.00. The zero-order valence-corrected chi connectivity index (χ0v) is 14.6. The van der Waals surface area contributed by atoms with Gasteiger partial charge in [0.2, 0.25) is 5.91 Å². The van der Waals surface area contributed by atoms with Crippen LogP contribution in [0.4, 0.5) is 0 Å². The Morgan fingerprint density at radius 3 is 2.71 bits per heavy atom. The molecular weight excluding hydrogens is 304 g/mol. The molecule has 132 valence electrons. The minimum absolute atomic E-state index is 0.275. The van der Waals surface area contributed by atoms with Crippen molar-refractivity contribution in [1.82, 2.24) is 10.2 Å². The van der Waals surface area contributed by atoms with Gasteiger partial charge < -0.3 is 19.7 Å². The largest absolute Gasteiger partial charge is 0.486 e. The Balaban J connectivity index is 1.44. The van der Waals surface area contributed by atoms with Crippen molar-refractivity contribution in [2.24, 2.45) is 5.92 Å². The SMILES string of the molecule is CNCCC1CCN(C(=O)CCc2ccc3c(c2)OCCO3)CC1. The van der Waals surface area contributed by atoms with Gasteiger partial charge in [0.25, 0.3) is 0 Å². The summed E-state index contributed by atoms with van der Waals surface area (Å²) in [4.78, 5) is 14.5. The van der Waals surface area contributed by atoms with Crippen LogP contribution in [0.3, 0.4) is 0 Å². The summed E-state index contributed by atoms with van der Waals surface area (Å²) in [6, 6.07) is 5.98. The number of piperidine rings is 1. The normalized spacial score (nSPS) is 17.8. The highest BCUT2D eigenvalue weighted by molar-refractivity contribution is 5.76. The van der Waals surface area contributed by atoms with E-state index >= 15 is 0 Å². The van der Waals surface area contributed by atoms with E-state index in [1.54, 1.807) is 0 Å². The Kier molecular flexibility index (Phi) is 5.96. The summed E-state index contributed by atoms with van der Waals surface area (Å²) in [5, 5.41) is 3.21. The van der Waals surface area contributed by atoms with Gasteiger partial charge in [0.05, 0.1) is 0 Å². The van der Waals surface area contributed by atoms with E-state index in [0.717, 1.165) is 61.9 Å². The Bertz CT molecular complexity index is 554. The molecule has 0 aliphatic carbocycles. The van der Waals surface area contributed by atoms with E-state index in [1.807, 2.05) is 30.1 Å². The van der Waals surface area contributed by atoms with Gasteiger partial charge in [-0.15, -0.1) is 0 Å². The molecule has 0 aromatic heterocycles. The number of ether oxygens (including phenoxy) is 2. The van der Waals surface area contributed by atoms with Crippen LogP contribution in [0.1, 0.15) is 31.2 Å². The van der Waals surface area contributed by atoms with Crippen molar-refractivity contribution >= 4 is 5.91 Å². The average Bonchev–Trinajstić information content (AvgIpc) is 2.64. The molecule has 2 heterocycles. The van der Waals surface area contributed by atoms with E-state index in [4.69, 9.17) is 9.47 Å². The quantitative estimate of drug-likeness (QED) is 0.868. The van der Waals surface area contributed by atoms with Gasteiger partial charge in [-0.1, -0.05) is 6.07 Å². The number of aryl methyl sites for hydroxylation is 1. The molecule has 5 nitrogen and oxygen atoms in total. The Morgan fingerprint density at radius 1 is 1.21 bits per heavy atom. The van der Waals surface area contributed by atoms with Gasteiger partial charge in [0.15, 0.2) is 11.5 Å². The maximum Gasteiger partial charge on any atom is 0.222 e. The van der Waals surface area contributed by atoms with Gasteiger partial charge in [-0.25, -0.2) is 0 Å². The van der Waals surface area contributed by atoms with Gasteiger partial charge in [-0.05, 0) is 62.9 Å². The summed E-state index contributed by atoms with van der Waals surface area (Å²) in [5.74, 6) is 2.65. The molecule has 0 saturated carbocycles. The molecule has 1 saturated heterocycles. The first-order valence-electron chi connectivity index (χ1n) is 9.07. The lowest BCUT2D eigenvalue weighted by Gasteiger charge is -2.32. The van der Waals surface area contributed by atoms with Crippen molar-refractivity contribution in [3.05, 3.63) is 23.8 Å². The fourth-order valence-corrected chi connectivity index (χ4v) is 3.47. The van der Waals surface area contributed by atoms with Crippen LogP contribution in [0.5, 0.6) is 11.5 Å². The van der Waals surface area contributed by atoms with Crippen LogP contribution in [-0.4, -0.2) is 50.7 Å². The molecule has 0 atom stereocenters. The van der Waals surface area contributed by atoms with Crippen molar-refractivity contribution < 1.29 is 14.3 Å². The van der Waals surface area contributed by atoms with E-state index in [0.29, 0.717) is 19.6 Å². The Morgan fingerprint density at radius 2 is 1.96 bits per heavy atom. The van der Waals surface area contributed by atoms with Crippen LogP contribution in [0.15, 0.2) is 18.2 Å². The van der Waals surface area contributed by atoms with Gasteiger partial charge >= 0.3 is 0 Å². The average molecular weight is 332 g/mol. The number of fused-ring (bicyclic) bond motifs is 1. The van der Waals surface area contributed by atoms with Gasteiger partial charge in [0, 0.05) is 19.5 Å². The predicted octanol–water partition coefficient (Wildman–Crippen LogP) is 2.24. The number of hydrogen-bond donors (Lipinski definition) is 1. The van der Waals surface area contributed by atoms with Crippen LogP contribution < -0.4 is 14.8 Å². The topological polar surface area (TPSA) is 50.8 Å². The van der Waals surface area contributed by atoms with Crippen LogP contribution in [0, 0.1) is 5.92 Å². The second-order valence-corrected chi connectivity index (χ2v) is 6.69. The van der Waals surface area contributed by atoms with Gasteiger partial charge in [-0.3, -0.25) is 4.79 Å². The highest BCUT2D eigenvalue weighted by atomic mass is 16.6. The first-order valence-corrected chi connectivity index (χ1v) is 9.07. The minimum Gasteiger partial charge on any atom is -0.486 e. The molecule has 1 amide bonds. The third kappa shape index (κ3) is 4.41. The Hall–Kier alpha value is -1.75. The molecule has 0 spiro atoms. The Labute approximate surface area is 144 Å². The molecule has 1 aromatic carbocycles. The maximum absolute atomic E-state index is 12.4.